The van der Waals surface area contributed by atoms with Crippen LogP contribution in [-0.2, 0) is 14.3 Å². The van der Waals surface area contributed by atoms with Crippen LogP contribution in [0.3, 0.4) is 0 Å². The van der Waals surface area contributed by atoms with Gasteiger partial charge in [0, 0.05) is 19.0 Å². The first kappa shape index (κ1) is 17.3. The van der Waals surface area contributed by atoms with Gasteiger partial charge in [0.1, 0.15) is 6.04 Å². The van der Waals surface area contributed by atoms with E-state index in [9.17, 15) is 14.4 Å². The highest BCUT2D eigenvalue weighted by molar-refractivity contribution is 5.84. The largest absolute Gasteiger partial charge is 0.467 e. The van der Waals surface area contributed by atoms with Gasteiger partial charge >= 0.3 is 12.0 Å². The predicted octanol–water partition coefficient (Wildman–Crippen LogP) is 0.481. The molecular formula is C14H25N3O4. The van der Waals surface area contributed by atoms with Crippen LogP contribution in [0.5, 0.6) is 0 Å². The number of carbonyl (C=O) groups excluding carboxylic acids is 3. The van der Waals surface area contributed by atoms with Crippen molar-refractivity contribution in [3.8, 4) is 0 Å². The van der Waals surface area contributed by atoms with Gasteiger partial charge in [0.25, 0.3) is 0 Å². The number of amides is 3. The van der Waals surface area contributed by atoms with Crippen LogP contribution in [-0.4, -0.2) is 49.0 Å². The zero-order valence-corrected chi connectivity index (χ0v) is 12.9. The van der Waals surface area contributed by atoms with Crippen molar-refractivity contribution in [2.24, 2.45) is 17.6 Å². The Morgan fingerprint density at radius 1 is 1.33 bits per heavy atom. The van der Waals surface area contributed by atoms with Crippen molar-refractivity contribution >= 4 is 17.9 Å². The molecule has 2 atom stereocenters. The minimum Gasteiger partial charge on any atom is -0.467 e. The average Bonchev–Trinajstić information content (AvgIpc) is 2.50. The molecule has 120 valence electrons. The van der Waals surface area contributed by atoms with Crippen LogP contribution >= 0.6 is 0 Å². The molecule has 0 saturated carbocycles. The van der Waals surface area contributed by atoms with Crippen molar-refractivity contribution in [2.75, 3.05) is 20.2 Å². The summed E-state index contributed by atoms with van der Waals surface area (Å²) in [4.78, 5) is 36.7. The molecule has 1 aliphatic rings. The first-order valence-electron chi connectivity index (χ1n) is 7.33. The first-order chi connectivity index (χ1) is 9.90. The third-order valence-electron chi connectivity index (χ3n) is 4.13. The standard InChI is InChI=1S/C14H25N3O4/c1-4-9(2)11(13(19)21-3)16-14(20)17-7-5-10(6-8-17)12(15)18/h9-11H,4-8H2,1-3H3,(H2,15,18)(H,16,20)/t9-,11-/m0/s1. The van der Waals surface area contributed by atoms with E-state index in [2.05, 4.69) is 5.32 Å². The number of nitrogens with zero attached hydrogens (tertiary/aromatic N) is 1. The second-order valence-electron chi connectivity index (χ2n) is 5.50. The van der Waals surface area contributed by atoms with Crippen LogP contribution in [0.15, 0.2) is 0 Å². The summed E-state index contributed by atoms with van der Waals surface area (Å²) in [5, 5.41) is 2.73. The molecule has 0 aliphatic carbocycles. The number of likely N-dealkylation sites (tertiary alicyclic amines) is 1. The molecule has 0 aromatic rings. The van der Waals surface area contributed by atoms with Gasteiger partial charge < -0.3 is 20.7 Å². The minimum atomic E-state index is -0.652. The Kier molecular flexibility index (Phi) is 6.45. The summed E-state index contributed by atoms with van der Waals surface area (Å²) in [6.45, 7) is 4.77. The summed E-state index contributed by atoms with van der Waals surface area (Å²) >= 11 is 0. The third kappa shape index (κ3) is 4.61. The fourth-order valence-corrected chi connectivity index (χ4v) is 2.39. The number of hydrogen-bond donors (Lipinski definition) is 2. The number of urea groups is 1. The molecule has 7 nitrogen and oxygen atoms in total. The highest BCUT2D eigenvalue weighted by atomic mass is 16.5. The van der Waals surface area contributed by atoms with Crippen molar-refractivity contribution in [3.05, 3.63) is 0 Å². The Bertz CT molecular complexity index is 392. The molecule has 1 fully saturated rings. The second-order valence-corrected chi connectivity index (χ2v) is 5.50. The van der Waals surface area contributed by atoms with Crippen molar-refractivity contribution < 1.29 is 19.1 Å². The van der Waals surface area contributed by atoms with E-state index in [1.54, 1.807) is 4.90 Å². The summed E-state index contributed by atoms with van der Waals surface area (Å²) in [7, 11) is 1.31. The number of carbonyl (C=O) groups is 3. The molecule has 0 bridgehead atoms. The van der Waals surface area contributed by atoms with Gasteiger partial charge in [-0.15, -0.1) is 0 Å². The minimum absolute atomic E-state index is 0.00967. The van der Waals surface area contributed by atoms with Crippen LogP contribution in [0.2, 0.25) is 0 Å². The van der Waals surface area contributed by atoms with E-state index >= 15 is 0 Å². The number of rotatable bonds is 5. The van der Waals surface area contributed by atoms with Crippen LogP contribution < -0.4 is 11.1 Å². The van der Waals surface area contributed by atoms with E-state index in [0.29, 0.717) is 25.9 Å². The van der Waals surface area contributed by atoms with Crippen LogP contribution in [0, 0.1) is 11.8 Å². The Balaban J connectivity index is 2.58. The van der Waals surface area contributed by atoms with Gasteiger partial charge in [-0.25, -0.2) is 9.59 Å². The average molecular weight is 299 g/mol. The SMILES string of the molecule is CC[C@H](C)[C@H](NC(=O)N1CCC(C(N)=O)CC1)C(=O)OC. The molecule has 21 heavy (non-hydrogen) atoms. The lowest BCUT2D eigenvalue weighted by atomic mass is 9.96. The van der Waals surface area contributed by atoms with Crippen molar-refractivity contribution in [2.45, 2.75) is 39.2 Å². The Hall–Kier alpha value is -1.79. The molecule has 1 rings (SSSR count). The summed E-state index contributed by atoms with van der Waals surface area (Å²) in [5.41, 5.74) is 5.27. The molecule has 0 unspecified atom stereocenters. The normalized spacial score (nSPS) is 18.7. The van der Waals surface area contributed by atoms with E-state index in [0.717, 1.165) is 6.42 Å². The Morgan fingerprint density at radius 2 is 1.90 bits per heavy atom. The van der Waals surface area contributed by atoms with Crippen molar-refractivity contribution in [1.82, 2.24) is 10.2 Å². The number of nitrogens with two attached hydrogens (primary N) is 1. The lowest BCUT2D eigenvalue weighted by Crippen LogP contribution is -2.53. The maximum absolute atomic E-state index is 12.2. The summed E-state index contributed by atoms with van der Waals surface area (Å²) in [6.07, 6.45) is 1.88. The van der Waals surface area contributed by atoms with Gasteiger partial charge in [-0.1, -0.05) is 20.3 Å². The summed E-state index contributed by atoms with van der Waals surface area (Å²) in [6, 6.07) is -0.949. The zero-order valence-electron chi connectivity index (χ0n) is 12.9. The zero-order chi connectivity index (χ0) is 16.0. The number of primary amides is 1. The topological polar surface area (TPSA) is 102 Å². The Morgan fingerprint density at radius 3 is 2.33 bits per heavy atom. The van der Waals surface area contributed by atoms with Gasteiger partial charge in [0.05, 0.1) is 7.11 Å². The quantitative estimate of drug-likeness (QED) is 0.721. The van der Waals surface area contributed by atoms with Crippen LogP contribution in [0.25, 0.3) is 0 Å². The molecule has 0 spiro atoms. The molecule has 1 heterocycles. The molecule has 7 heteroatoms. The molecule has 1 aliphatic heterocycles. The van der Waals surface area contributed by atoms with E-state index in [1.165, 1.54) is 7.11 Å². The van der Waals surface area contributed by atoms with Crippen molar-refractivity contribution in [1.29, 1.82) is 0 Å². The number of esters is 1. The third-order valence-corrected chi connectivity index (χ3v) is 4.13. The van der Waals surface area contributed by atoms with E-state index in [4.69, 9.17) is 10.5 Å². The van der Waals surface area contributed by atoms with Gasteiger partial charge in [-0.3, -0.25) is 4.79 Å². The first-order valence-corrected chi connectivity index (χ1v) is 7.33. The van der Waals surface area contributed by atoms with E-state index in [1.807, 2.05) is 13.8 Å². The lowest BCUT2D eigenvalue weighted by molar-refractivity contribution is -0.144. The van der Waals surface area contributed by atoms with Crippen molar-refractivity contribution in [3.63, 3.8) is 0 Å². The molecule has 0 aromatic carbocycles. The highest BCUT2D eigenvalue weighted by Crippen LogP contribution is 2.17. The molecule has 0 radical (unpaired) electrons. The predicted molar refractivity (Wildman–Crippen MR) is 77.3 cm³/mol. The monoisotopic (exact) mass is 299 g/mol. The Labute approximate surface area is 125 Å². The number of hydrogen-bond acceptors (Lipinski definition) is 4. The highest BCUT2D eigenvalue weighted by Gasteiger charge is 2.31. The molecule has 3 N–H and O–H groups in total. The maximum atomic E-state index is 12.2. The van der Waals surface area contributed by atoms with Crippen LogP contribution in [0.4, 0.5) is 4.79 Å². The van der Waals surface area contributed by atoms with Gasteiger partial charge in [0.2, 0.25) is 5.91 Å². The smallest absolute Gasteiger partial charge is 0.328 e. The fourth-order valence-electron chi connectivity index (χ4n) is 2.39. The molecule has 0 aromatic heterocycles. The van der Waals surface area contributed by atoms with Gasteiger partial charge in [-0.05, 0) is 18.8 Å². The van der Waals surface area contributed by atoms with E-state index in [-0.39, 0.29) is 23.8 Å². The number of ether oxygens (including phenoxy) is 1. The lowest BCUT2D eigenvalue weighted by Gasteiger charge is -2.32. The fraction of sp³-hybridized carbons (Fsp3) is 0.786. The van der Waals surface area contributed by atoms with Gasteiger partial charge in [0.15, 0.2) is 0 Å². The van der Waals surface area contributed by atoms with Crippen LogP contribution in [0.1, 0.15) is 33.1 Å². The summed E-state index contributed by atoms with van der Waals surface area (Å²) < 4.78 is 4.74. The summed E-state index contributed by atoms with van der Waals surface area (Å²) in [5.74, 6) is -0.934. The number of piperidine rings is 1. The van der Waals surface area contributed by atoms with Gasteiger partial charge in [-0.2, -0.15) is 0 Å². The number of methoxy groups -OCH3 is 1. The molecule has 3 amide bonds. The molecule has 1 saturated heterocycles. The second kappa shape index (κ2) is 7.85. The number of nitrogens with one attached hydrogen (secondary N) is 1. The molecular weight excluding hydrogens is 274 g/mol. The maximum Gasteiger partial charge on any atom is 0.328 e. The van der Waals surface area contributed by atoms with E-state index < -0.39 is 12.0 Å².